The molecule has 5 nitrogen and oxygen atoms in total. The van der Waals surface area contributed by atoms with Gasteiger partial charge in [-0.1, -0.05) is 36.4 Å². The summed E-state index contributed by atoms with van der Waals surface area (Å²) < 4.78 is 15.0. The summed E-state index contributed by atoms with van der Waals surface area (Å²) >= 11 is 1.51. The number of thiophene rings is 1. The van der Waals surface area contributed by atoms with E-state index in [1.807, 2.05) is 42.6 Å². The number of carbonyl (C=O) groups is 1. The molecule has 0 atom stereocenters. The van der Waals surface area contributed by atoms with Gasteiger partial charge in [0.1, 0.15) is 5.82 Å². The fourth-order valence-electron chi connectivity index (χ4n) is 3.18. The van der Waals surface area contributed by atoms with Gasteiger partial charge in [0, 0.05) is 13.1 Å². The molecule has 4 aromatic rings. The first kappa shape index (κ1) is 20.0. The van der Waals surface area contributed by atoms with E-state index in [1.54, 1.807) is 21.7 Å². The van der Waals surface area contributed by atoms with Gasteiger partial charge in [-0.3, -0.25) is 4.79 Å². The molecule has 0 bridgehead atoms. The summed E-state index contributed by atoms with van der Waals surface area (Å²) in [7, 11) is 0. The first-order valence-corrected chi connectivity index (χ1v) is 10.6. The van der Waals surface area contributed by atoms with Crippen LogP contribution in [0.4, 0.5) is 4.39 Å². The van der Waals surface area contributed by atoms with E-state index < -0.39 is 0 Å². The van der Waals surface area contributed by atoms with E-state index in [0.29, 0.717) is 24.6 Å². The number of hydrogen-bond donors (Lipinski definition) is 0. The third-order valence-electron chi connectivity index (χ3n) is 4.79. The number of benzene rings is 2. The van der Waals surface area contributed by atoms with E-state index in [-0.39, 0.29) is 17.5 Å². The third-order valence-corrected chi connectivity index (χ3v) is 5.66. The average molecular weight is 421 g/mol. The van der Waals surface area contributed by atoms with Crippen molar-refractivity contribution in [2.45, 2.75) is 13.3 Å². The van der Waals surface area contributed by atoms with Gasteiger partial charge < -0.3 is 4.90 Å². The Kier molecular flexibility index (Phi) is 5.99. The standard InChI is InChI=1S/C23H21FN4OS/c1-2-27(15-14-17-7-4-3-5-8-17)23(29)21-25-22(20-9-6-16-30-20)28(26-21)19-12-10-18(24)11-13-19/h3-13,16H,2,14-15H2,1H3. The van der Waals surface area contributed by atoms with Crippen molar-refractivity contribution in [1.29, 1.82) is 0 Å². The van der Waals surface area contributed by atoms with Gasteiger partial charge in [0.15, 0.2) is 5.82 Å². The minimum Gasteiger partial charge on any atom is -0.336 e. The van der Waals surface area contributed by atoms with Crippen LogP contribution in [0.5, 0.6) is 0 Å². The Hall–Kier alpha value is -3.32. The molecule has 0 saturated heterocycles. The molecule has 0 radical (unpaired) electrons. The van der Waals surface area contributed by atoms with Crippen LogP contribution >= 0.6 is 11.3 Å². The van der Waals surface area contributed by atoms with Crippen LogP contribution in [0, 0.1) is 5.82 Å². The summed E-state index contributed by atoms with van der Waals surface area (Å²) in [4.78, 5) is 20.3. The molecule has 1 amide bonds. The number of rotatable bonds is 7. The highest BCUT2D eigenvalue weighted by Gasteiger charge is 2.23. The van der Waals surface area contributed by atoms with E-state index in [0.717, 1.165) is 11.3 Å². The molecule has 0 unspecified atom stereocenters. The van der Waals surface area contributed by atoms with Crippen LogP contribution in [-0.4, -0.2) is 38.7 Å². The second-order valence-electron chi connectivity index (χ2n) is 6.74. The molecule has 2 aromatic heterocycles. The molecule has 2 heterocycles. The molecule has 30 heavy (non-hydrogen) atoms. The number of likely N-dealkylation sites (N-methyl/N-ethyl adjacent to an activating group) is 1. The van der Waals surface area contributed by atoms with Crippen molar-refractivity contribution in [3.8, 4) is 16.4 Å². The summed E-state index contributed by atoms with van der Waals surface area (Å²) in [5, 5.41) is 6.43. The van der Waals surface area contributed by atoms with E-state index >= 15 is 0 Å². The monoisotopic (exact) mass is 420 g/mol. The Labute approximate surface area is 178 Å². The SMILES string of the molecule is CCN(CCc1ccccc1)C(=O)c1nc(-c2cccs2)n(-c2ccc(F)cc2)n1. The summed E-state index contributed by atoms with van der Waals surface area (Å²) in [6.07, 6.45) is 0.761. The molecule has 2 aromatic carbocycles. The van der Waals surface area contributed by atoms with E-state index in [9.17, 15) is 9.18 Å². The summed E-state index contributed by atoms with van der Waals surface area (Å²) in [6, 6.07) is 19.9. The van der Waals surface area contributed by atoms with Gasteiger partial charge in [0.2, 0.25) is 5.82 Å². The Morgan fingerprint density at radius 3 is 2.50 bits per heavy atom. The van der Waals surface area contributed by atoms with Crippen molar-refractivity contribution in [2.75, 3.05) is 13.1 Å². The first-order valence-electron chi connectivity index (χ1n) is 9.76. The normalized spacial score (nSPS) is 10.9. The molecule has 0 fully saturated rings. The molecule has 0 N–H and O–H groups in total. The largest absolute Gasteiger partial charge is 0.336 e. The van der Waals surface area contributed by atoms with Crippen LogP contribution in [0.15, 0.2) is 72.1 Å². The second-order valence-corrected chi connectivity index (χ2v) is 7.69. The van der Waals surface area contributed by atoms with Crippen molar-refractivity contribution < 1.29 is 9.18 Å². The maximum atomic E-state index is 13.4. The van der Waals surface area contributed by atoms with Gasteiger partial charge >= 0.3 is 0 Å². The second kappa shape index (κ2) is 9.00. The van der Waals surface area contributed by atoms with Crippen molar-refractivity contribution in [3.05, 3.63) is 89.3 Å². The Bertz CT molecular complexity index is 1110. The smallest absolute Gasteiger partial charge is 0.293 e. The predicted octanol–water partition coefficient (Wildman–Crippen LogP) is 4.84. The van der Waals surface area contributed by atoms with Crippen LogP contribution in [0.3, 0.4) is 0 Å². The number of carbonyl (C=O) groups excluding carboxylic acids is 1. The Morgan fingerprint density at radius 2 is 1.83 bits per heavy atom. The third kappa shape index (κ3) is 4.31. The van der Waals surface area contributed by atoms with Crippen LogP contribution < -0.4 is 0 Å². The van der Waals surface area contributed by atoms with Crippen LogP contribution in [0.1, 0.15) is 23.1 Å². The highest BCUT2D eigenvalue weighted by atomic mass is 32.1. The molecule has 0 spiro atoms. The summed E-state index contributed by atoms with van der Waals surface area (Å²) in [5.74, 6) is 0.162. The van der Waals surface area contributed by atoms with E-state index in [4.69, 9.17) is 0 Å². The van der Waals surface area contributed by atoms with Crippen LogP contribution in [0.25, 0.3) is 16.4 Å². The molecule has 4 rings (SSSR count). The lowest BCUT2D eigenvalue weighted by Gasteiger charge is -2.19. The topological polar surface area (TPSA) is 51.0 Å². The van der Waals surface area contributed by atoms with Crippen molar-refractivity contribution >= 4 is 17.2 Å². The molecule has 0 aliphatic carbocycles. The molecule has 0 saturated carbocycles. The highest BCUT2D eigenvalue weighted by Crippen LogP contribution is 2.26. The lowest BCUT2D eigenvalue weighted by Crippen LogP contribution is -2.33. The van der Waals surface area contributed by atoms with E-state index in [2.05, 4.69) is 22.2 Å². The molecular weight excluding hydrogens is 399 g/mol. The molecule has 152 valence electrons. The lowest BCUT2D eigenvalue weighted by molar-refractivity contribution is 0.0754. The molecule has 0 aliphatic rings. The average Bonchev–Trinajstić information content (AvgIpc) is 3.45. The van der Waals surface area contributed by atoms with Gasteiger partial charge in [0.05, 0.1) is 10.6 Å². The molecule has 7 heteroatoms. The van der Waals surface area contributed by atoms with Crippen molar-refractivity contribution in [2.24, 2.45) is 0 Å². The molecular formula is C23H21FN4OS. The highest BCUT2D eigenvalue weighted by molar-refractivity contribution is 7.13. The number of nitrogens with zero attached hydrogens (tertiary/aromatic N) is 4. The van der Waals surface area contributed by atoms with Gasteiger partial charge in [-0.05, 0) is 54.6 Å². The van der Waals surface area contributed by atoms with Crippen LogP contribution in [-0.2, 0) is 6.42 Å². The zero-order chi connectivity index (χ0) is 20.9. The quantitative estimate of drug-likeness (QED) is 0.430. The first-order chi connectivity index (χ1) is 14.7. The summed E-state index contributed by atoms with van der Waals surface area (Å²) in [6.45, 7) is 3.09. The maximum Gasteiger partial charge on any atom is 0.293 e. The number of amides is 1. The minimum atomic E-state index is -0.328. The lowest BCUT2D eigenvalue weighted by atomic mass is 10.1. The minimum absolute atomic E-state index is 0.137. The van der Waals surface area contributed by atoms with Gasteiger partial charge in [-0.15, -0.1) is 16.4 Å². The summed E-state index contributed by atoms with van der Waals surface area (Å²) in [5.41, 5.74) is 1.83. The van der Waals surface area contributed by atoms with Crippen LogP contribution in [0.2, 0.25) is 0 Å². The Balaban J connectivity index is 1.63. The predicted molar refractivity (Wildman–Crippen MR) is 116 cm³/mol. The Morgan fingerprint density at radius 1 is 1.07 bits per heavy atom. The fraction of sp³-hybridized carbons (Fsp3) is 0.174. The zero-order valence-electron chi connectivity index (χ0n) is 16.5. The van der Waals surface area contributed by atoms with Crippen molar-refractivity contribution in [1.82, 2.24) is 19.7 Å². The number of aromatic nitrogens is 3. The molecule has 0 aliphatic heterocycles. The fourth-order valence-corrected chi connectivity index (χ4v) is 3.88. The zero-order valence-corrected chi connectivity index (χ0v) is 17.3. The van der Waals surface area contributed by atoms with Gasteiger partial charge in [0.25, 0.3) is 5.91 Å². The van der Waals surface area contributed by atoms with Gasteiger partial charge in [-0.2, -0.15) is 0 Å². The van der Waals surface area contributed by atoms with Gasteiger partial charge in [-0.25, -0.2) is 14.1 Å². The number of hydrogen-bond acceptors (Lipinski definition) is 4. The number of halogens is 1. The van der Waals surface area contributed by atoms with E-state index in [1.165, 1.54) is 29.0 Å². The van der Waals surface area contributed by atoms with Crippen molar-refractivity contribution in [3.63, 3.8) is 0 Å². The maximum absolute atomic E-state index is 13.4.